The predicted octanol–water partition coefficient (Wildman–Crippen LogP) is -1.01. The summed E-state index contributed by atoms with van der Waals surface area (Å²) in [5, 5.41) is 16.3. The van der Waals surface area contributed by atoms with Gasteiger partial charge in [-0.15, -0.1) is 0 Å². The summed E-state index contributed by atoms with van der Waals surface area (Å²) in [4.78, 5) is 1.65. The van der Waals surface area contributed by atoms with Gasteiger partial charge in [0.25, 0.3) is 6.20 Å². The Labute approximate surface area is 128 Å². The fraction of sp³-hybridized carbons (Fsp3) is 0.385. The Bertz CT molecular complexity index is 766. The van der Waals surface area contributed by atoms with Gasteiger partial charge in [0.15, 0.2) is 5.95 Å². The zero-order chi connectivity index (χ0) is 15.7. The minimum Gasteiger partial charge on any atom is -0.539 e. The summed E-state index contributed by atoms with van der Waals surface area (Å²) in [6.45, 7) is 3.29. The van der Waals surface area contributed by atoms with Gasteiger partial charge in [0, 0.05) is 17.9 Å². The Kier molecular flexibility index (Phi) is 3.75. The van der Waals surface area contributed by atoms with E-state index < -0.39 is 16.0 Å². The molecule has 0 unspecified atom stereocenters. The van der Waals surface area contributed by atoms with Crippen LogP contribution in [-0.4, -0.2) is 44.2 Å². The molecule has 0 N–H and O–H groups in total. The van der Waals surface area contributed by atoms with Gasteiger partial charge in [-0.2, -0.15) is 9.31 Å². The molecular weight excluding hydrogens is 308 g/mol. The van der Waals surface area contributed by atoms with Crippen molar-refractivity contribution in [1.29, 1.82) is 0 Å². The van der Waals surface area contributed by atoms with Crippen LogP contribution in [0.2, 0.25) is 0 Å². The molecule has 118 valence electrons. The van der Waals surface area contributed by atoms with E-state index in [1.165, 1.54) is 15.3 Å². The molecule has 3 rings (SSSR count). The fourth-order valence-corrected chi connectivity index (χ4v) is 4.11. The first-order valence-corrected chi connectivity index (χ1v) is 8.29. The molecule has 2 heterocycles. The lowest BCUT2D eigenvalue weighted by Crippen LogP contribution is -2.65. The number of aromatic nitrogens is 2. The molecular formula is C13H16N4O4S. The lowest BCUT2D eigenvalue weighted by Gasteiger charge is -2.29. The highest BCUT2D eigenvalue weighted by Crippen LogP contribution is 2.20. The molecule has 8 nitrogen and oxygen atoms in total. The summed E-state index contributed by atoms with van der Waals surface area (Å²) >= 11 is 0. The zero-order valence-electron chi connectivity index (χ0n) is 12.0. The summed E-state index contributed by atoms with van der Waals surface area (Å²) in [7, 11) is -3.50. The van der Waals surface area contributed by atoms with Crippen LogP contribution < -0.4 is 14.9 Å². The number of benzene rings is 1. The van der Waals surface area contributed by atoms with E-state index in [1.807, 2.05) is 6.07 Å². The molecule has 0 aliphatic carbocycles. The first-order valence-electron chi connectivity index (χ1n) is 6.85. The van der Waals surface area contributed by atoms with E-state index in [4.69, 9.17) is 0 Å². The maximum atomic E-state index is 12.7. The Morgan fingerprint density at radius 1 is 1.23 bits per heavy atom. The lowest BCUT2D eigenvalue weighted by molar-refractivity contribution is -0.759. The first-order chi connectivity index (χ1) is 10.5. The van der Waals surface area contributed by atoms with E-state index in [2.05, 4.69) is 9.79 Å². The molecule has 1 saturated heterocycles. The average Bonchev–Trinajstić information content (AvgIpc) is 2.94. The van der Waals surface area contributed by atoms with Gasteiger partial charge in [-0.25, -0.2) is 8.42 Å². The normalized spacial score (nSPS) is 16.9. The van der Waals surface area contributed by atoms with Gasteiger partial charge in [0.2, 0.25) is 10.0 Å². The van der Waals surface area contributed by atoms with Gasteiger partial charge >= 0.3 is 0 Å². The highest BCUT2D eigenvalue weighted by molar-refractivity contribution is 7.89. The summed E-state index contributed by atoms with van der Waals surface area (Å²) in [6.07, 6.45) is 1.23. The van der Waals surface area contributed by atoms with Crippen molar-refractivity contribution in [3.05, 3.63) is 36.0 Å². The van der Waals surface area contributed by atoms with Gasteiger partial charge in [0.1, 0.15) is 5.27 Å². The second kappa shape index (κ2) is 5.58. The maximum Gasteiger partial charge on any atom is 0.255 e. The summed E-state index contributed by atoms with van der Waals surface area (Å²) < 4.78 is 31.3. The molecule has 1 aliphatic heterocycles. The van der Waals surface area contributed by atoms with E-state index in [0.717, 1.165) is 5.56 Å². The van der Waals surface area contributed by atoms with Crippen LogP contribution in [0.5, 0.6) is 5.95 Å². The van der Waals surface area contributed by atoms with Gasteiger partial charge in [-0.1, -0.05) is 18.2 Å². The topological polar surface area (TPSA) is 93.6 Å². The van der Waals surface area contributed by atoms with Crippen molar-refractivity contribution in [2.24, 2.45) is 0 Å². The largest absolute Gasteiger partial charge is 0.539 e. The first kappa shape index (κ1) is 14.8. The van der Waals surface area contributed by atoms with Crippen LogP contribution in [0.15, 0.2) is 39.9 Å². The molecule has 1 fully saturated rings. The predicted molar refractivity (Wildman–Crippen MR) is 74.0 cm³/mol. The smallest absolute Gasteiger partial charge is 0.255 e. The highest BCUT2D eigenvalue weighted by Gasteiger charge is 2.32. The lowest BCUT2D eigenvalue weighted by atomic mass is 10.2. The zero-order valence-corrected chi connectivity index (χ0v) is 12.9. The number of hydrogen-bond acceptors (Lipinski definition) is 6. The van der Waals surface area contributed by atoms with Crippen molar-refractivity contribution in [3.8, 4) is 5.95 Å². The number of piperazine rings is 1. The minimum absolute atomic E-state index is 0.324. The van der Waals surface area contributed by atoms with Crippen LogP contribution in [-0.2, 0) is 10.0 Å². The summed E-state index contributed by atoms with van der Waals surface area (Å²) in [6, 6.07) is 6.93. The number of nitrogens with zero attached hydrogens (tertiary/aromatic N) is 4. The van der Waals surface area contributed by atoms with Gasteiger partial charge < -0.3 is 9.63 Å². The van der Waals surface area contributed by atoms with E-state index in [1.54, 1.807) is 30.1 Å². The molecule has 9 heteroatoms. The third-order valence-corrected chi connectivity index (χ3v) is 5.71. The van der Waals surface area contributed by atoms with Gasteiger partial charge in [0.05, 0.1) is 18.0 Å². The summed E-state index contributed by atoms with van der Waals surface area (Å²) in [5.74, 6) is -0.532. The molecule has 1 aromatic carbocycles. The molecule has 0 bridgehead atoms. The van der Waals surface area contributed by atoms with Crippen LogP contribution in [0.1, 0.15) is 5.56 Å². The second-order valence-corrected chi connectivity index (χ2v) is 6.97. The van der Waals surface area contributed by atoms with E-state index in [0.29, 0.717) is 31.1 Å². The van der Waals surface area contributed by atoms with Crippen molar-refractivity contribution in [1.82, 2.24) is 9.58 Å². The van der Waals surface area contributed by atoms with Crippen LogP contribution in [0.25, 0.3) is 0 Å². The molecule has 1 aliphatic rings. The van der Waals surface area contributed by atoms with Crippen LogP contribution in [0, 0.1) is 6.92 Å². The van der Waals surface area contributed by atoms with E-state index in [9.17, 15) is 13.5 Å². The Hall–Kier alpha value is -2.13. The van der Waals surface area contributed by atoms with Crippen LogP contribution >= 0.6 is 0 Å². The van der Waals surface area contributed by atoms with Gasteiger partial charge in [-0.05, 0) is 18.6 Å². The molecule has 0 amide bonds. The standard InChI is InChI=1S/C13H16N4O4S/c1-11-4-2-3-5-12(11)22(19,20)16-8-6-15(7-9-16)17-10-13(18)21-14-17/h2-5,10H,6-9H2,1H3. The third-order valence-electron chi connectivity index (χ3n) is 3.65. The molecule has 2 aromatic rings. The SMILES string of the molecule is Cc1ccccc1S(=O)(=O)N1CCN([n+]2cc([O-])on2)CC1. The Balaban J connectivity index is 1.75. The van der Waals surface area contributed by atoms with Crippen LogP contribution in [0.4, 0.5) is 0 Å². The van der Waals surface area contributed by atoms with Crippen molar-refractivity contribution in [2.45, 2.75) is 11.8 Å². The van der Waals surface area contributed by atoms with Crippen LogP contribution in [0.3, 0.4) is 0 Å². The third kappa shape index (κ3) is 2.64. The molecule has 0 saturated carbocycles. The van der Waals surface area contributed by atoms with Crippen molar-refractivity contribution < 1.29 is 22.8 Å². The van der Waals surface area contributed by atoms with Gasteiger partial charge in [-0.3, -0.25) is 0 Å². The molecule has 0 spiro atoms. The number of rotatable bonds is 3. The highest BCUT2D eigenvalue weighted by atomic mass is 32.2. The Morgan fingerprint density at radius 2 is 1.91 bits per heavy atom. The minimum atomic E-state index is -3.50. The molecule has 0 atom stereocenters. The van der Waals surface area contributed by atoms with E-state index >= 15 is 0 Å². The van der Waals surface area contributed by atoms with Crippen molar-refractivity contribution >= 4 is 10.0 Å². The average molecular weight is 324 g/mol. The molecule has 0 radical (unpaired) electrons. The number of aryl methyl sites for hydroxylation is 1. The number of hydrogen-bond donors (Lipinski definition) is 0. The van der Waals surface area contributed by atoms with Crippen molar-refractivity contribution in [2.75, 3.05) is 31.2 Å². The monoisotopic (exact) mass is 324 g/mol. The quantitative estimate of drug-likeness (QED) is 0.671. The fourth-order valence-electron chi connectivity index (χ4n) is 2.46. The molecule has 1 aromatic heterocycles. The second-order valence-electron chi connectivity index (χ2n) is 5.06. The summed E-state index contributed by atoms with van der Waals surface area (Å²) in [5.41, 5.74) is 0.729. The Morgan fingerprint density at radius 3 is 2.50 bits per heavy atom. The maximum absolute atomic E-state index is 12.7. The van der Waals surface area contributed by atoms with Crippen molar-refractivity contribution in [3.63, 3.8) is 0 Å². The number of sulfonamides is 1. The van der Waals surface area contributed by atoms with E-state index in [-0.39, 0.29) is 0 Å². The molecule has 22 heavy (non-hydrogen) atoms.